The number of aliphatic hydroxyl groups excluding tert-OH is 2. The number of amides is 5. The minimum atomic E-state index is -1.33. The van der Waals surface area contributed by atoms with Crippen molar-refractivity contribution in [1.29, 1.82) is 0 Å². The van der Waals surface area contributed by atoms with Crippen molar-refractivity contribution in [2.45, 2.75) is 62.3 Å². The summed E-state index contributed by atoms with van der Waals surface area (Å²) in [6.07, 6.45) is -2.02. The minimum absolute atomic E-state index is 0.00937. The number of alkyl halides is 1. The van der Waals surface area contributed by atoms with Crippen molar-refractivity contribution in [2.24, 2.45) is 0 Å². The molecule has 0 saturated carbocycles. The SMILES string of the molecule is C[C@@H](O)[C@@H](CO)NC(=O)[C@H](CSC(c1ccccc1)(c1ccccc1)c1ccccc1)NC(=O)CNC(=O)[C@H](CNC(=O)CCl)NC(=O)OC(C)(C)C. The van der Waals surface area contributed by atoms with Gasteiger partial charge in [0.15, 0.2) is 0 Å². The van der Waals surface area contributed by atoms with Gasteiger partial charge in [0.05, 0.1) is 30.0 Å². The number of hydrogen-bond acceptors (Lipinski definition) is 9. The fourth-order valence-corrected chi connectivity index (χ4v) is 6.87. The van der Waals surface area contributed by atoms with Gasteiger partial charge in [-0.3, -0.25) is 19.2 Å². The number of carbonyl (C=O) groups is 5. The van der Waals surface area contributed by atoms with Gasteiger partial charge < -0.3 is 41.5 Å². The average molecular weight is 770 g/mol. The highest BCUT2D eigenvalue weighted by Crippen LogP contribution is 2.48. The molecule has 0 unspecified atom stereocenters. The predicted octanol–water partition coefficient (Wildman–Crippen LogP) is 2.42. The Morgan fingerprint density at radius 2 is 1.25 bits per heavy atom. The maximum Gasteiger partial charge on any atom is 0.408 e. The molecule has 0 heterocycles. The summed E-state index contributed by atoms with van der Waals surface area (Å²) in [7, 11) is 0. The molecular formula is C38H48ClN5O8S. The summed E-state index contributed by atoms with van der Waals surface area (Å²) in [5.74, 6) is -3.19. The molecule has 286 valence electrons. The zero-order chi connectivity index (χ0) is 39.0. The van der Waals surface area contributed by atoms with Crippen molar-refractivity contribution < 1.29 is 38.9 Å². The van der Waals surface area contributed by atoms with E-state index in [9.17, 15) is 34.2 Å². The van der Waals surface area contributed by atoms with Gasteiger partial charge in [-0.1, -0.05) is 91.0 Å². The van der Waals surface area contributed by atoms with Crippen LogP contribution in [0.2, 0.25) is 0 Å². The van der Waals surface area contributed by atoms with Crippen LogP contribution >= 0.6 is 23.4 Å². The second-order valence-corrected chi connectivity index (χ2v) is 14.6. The number of nitrogens with one attached hydrogen (secondary N) is 5. The van der Waals surface area contributed by atoms with Crippen molar-refractivity contribution in [3.8, 4) is 0 Å². The lowest BCUT2D eigenvalue weighted by Gasteiger charge is -2.36. The summed E-state index contributed by atoms with van der Waals surface area (Å²) in [5.41, 5.74) is 1.88. The van der Waals surface area contributed by atoms with E-state index < -0.39 is 77.5 Å². The molecule has 3 rings (SSSR count). The van der Waals surface area contributed by atoms with Gasteiger partial charge in [0.1, 0.15) is 23.6 Å². The fourth-order valence-electron chi connectivity index (χ4n) is 5.22. The van der Waals surface area contributed by atoms with Gasteiger partial charge in [0.2, 0.25) is 23.6 Å². The van der Waals surface area contributed by atoms with Crippen LogP contribution in [0.4, 0.5) is 4.79 Å². The lowest BCUT2D eigenvalue weighted by atomic mass is 9.84. The first-order chi connectivity index (χ1) is 25.2. The molecule has 15 heteroatoms. The Morgan fingerprint density at radius 1 is 0.736 bits per heavy atom. The number of hydrogen-bond donors (Lipinski definition) is 7. The molecule has 0 aliphatic heterocycles. The molecule has 0 bridgehead atoms. The van der Waals surface area contributed by atoms with Crippen molar-refractivity contribution in [3.05, 3.63) is 108 Å². The highest BCUT2D eigenvalue weighted by molar-refractivity contribution is 8.00. The maximum absolute atomic E-state index is 13.8. The highest BCUT2D eigenvalue weighted by atomic mass is 35.5. The van der Waals surface area contributed by atoms with Gasteiger partial charge in [-0.15, -0.1) is 23.4 Å². The van der Waals surface area contributed by atoms with Crippen molar-refractivity contribution in [3.63, 3.8) is 0 Å². The molecule has 3 aromatic carbocycles. The maximum atomic E-state index is 13.8. The van der Waals surface area contributed by atoms with E-state index in [-0.39, 0.29) is 18.2 Å². The molecule has 3 aromatic rings. The Hall–Kier alpha value is -4.63. The van der Waals surface area contributed by atoms with Crippen LogP contribution in [-0.4, -0.2) is 101 Å². The first-order valence-corrected chi connectivity index (χ1v) is 18.5. The Kier molecular flexibility index (Phi) is 16.6. The summed E-state index contributed by atoms with van der Waals surface area (Å²) >= 11 is 6.96. The van der Waals surface area contributed by atoms with Crippen molar-refractivity contribution in [2.75, 3.05) is 31.3 Å². The summed E-state index contributed by atoms with van der Waals surface area (Å²) in [4.78, 5) is 64.6. The number of alkyl carbamates (subject to hydrolysis) is 1. The Balaban J connectivity index is 1.90. The Labute approximate surface area is 319 Å². The molecule has 0 aromatic heterocycles. The number of aliphatic hydroxyl groups is 2. The van der Waals surface area contributed by atoms with Gasteiger partial charge in [0.25, 0.3) is 0 Å². The number of benzene rings is 3. The predicted molar refractivity (Wildman–Crippen MR) is 204 cm³/mol. The largest absolute Gasteiger partial charge is 0.444 e. The van der Waals surface area contributed by atoms with Crippen LogP contribution in [0.5, 0.6) is 0 Å². The van der Waals surface area contributed by atoms with Crippen molar-refractivity contribution in [1.82, 2.24) is 26.6 Å². The van der Waals surface area contributed by atoms with Crippen LogP contribution in [-0.2, 0) is 28.7 Å². The molecule has 0 saturated heterocycles. The second-order valence-electron chi connectivity index (χ2n) is 13.1. The van der Waals surface area contributed by atoms with E-state index in [1.54, 1.807) is 20.8 Å². The molecule has 0 radical (unpaired) electrons. The molecule has 0 fully saturated rings. The normalized spacial score (nSPS) is 13.7. The van der Waals surface area contributed by atoms with E-state index in [0.29, 0.717) is 0 Å². The molecule has 13 nitrogen and oxygen atoms in total. The highest BCUT2D eigenvalue weighted by Gasteiger charge is 2.39. The third-order valence-corrected chi connectivity index (χ3v) is 9.70. The van der Waals surface area contributed by atoms with E-state index in [4.69, 9.17) is 16.3 Å². The number of rotatable bonds is 18. The Bertz CT molecular complexity index is 1550. The first kappa shape index (κ1) is 42.8. The van der Waals surface area contributed by atoms with Crippen LogP contribution in [0.25, 0.3) is 0 Å². The third-order valence-electron chi connectivity index (χ3n) is 7.82. The van der Waals surface area contributed by atoms with E-state index in [1.165, 1.54) is 18.7 Å². The lowest BCUT2D eigenvalue weighted by molar-refractivity contribution is -0.130. The van der Waals surface area contributed by atoms with Gasteiger partial charge in [-0.25, -0.2) is 4.79 Å². The fraction of sp³-hybridized carbons (Fsp3) is 0.395. The molecule has 7 N–H and O–H groups in total. The quantitative estimate of drug-likeness (QED) is 0.0752. The standard InChI is InChI=1S/C38H48ClN5O8S/c1-25(46)30(23-45)43-35(50)31(42-33(48)22-41-34(49)29(21-40-32(47)20-39)44-36(51)52-37(2,3)4)24-53-38(26-14-8-5-9-15-26,27-16-10-6-11-17-27)28-18-12-7-13-19-28/h5-19,25,29-31,45-46H,20-24H2,1-4H3,(H,40,47)(H,41,49)(H,42,48)(H,43,50)(H,44,51)/t25-,29+,30-,31+/m1/s1. The first-order valence-electron chi connectivity index (χ1n) is 17.0. The Morgan fingerprint density at radius 3 is 1.68 bits per heavy atom. The van der Waals surface area contributed by atoms with Crippen LogP contribution in [0, 0.1) is 0 Å². The minimum Gasteiger partial charge on any atom is -0.444 e. The summed E-state index contributed by atoms with van der Waals surface area (Å²) in [6, 6.07) is 25.6. The zero-order valence-electron chi connectivity index (χ0n) is 30.1. The number of halogens is 1. The molecule has 53 heavy (non-hydrogen) atoms. The van der Waals surface area contributed by atoms with E-state index in [0.717, 1.165) is 16.7 Å². The van der Waals surface area contributed by atoms with Gasteiger partial charge in [-0.2, -0.15) is 0 Å². The lowest BCUT2D eigenvalue weighted by Crippen LogP contribution is -2.57. The third kappa shape index (κ3) is 13.1. The number of thioether (sulfide) groups is 1. The summed E-state index contributed by atoms with van der Waals surface area (Å²) in [6.45, 7) is 4.83. The molecule has 0 aliphatic carbocycles. The zero-order valence-corrected chi connectivity index (χ0v) is 31.7. The monoisotopic (exact) mass is 769 g/mol. The average Bonchev–Trinajstić information content (AvgIpc) is 3.14. The van der Waals surface area contributed by atoms with E-state index in [2.05, 4.69) is 26.6 Å². The molecule has 0 aliphatic rings. The van der Waals surface area contributed by atoms with E-state index >= 15 is 0 Å². The summed E-state index contributed by atoms with van der Waals surface area (Å²) in [5, 5.41) is 32.5. The molecule has 5 amide bonds. The van der Waals surface area contributed by atoms with E-state index in [1.807, 2.05) is 91.0 Å². The topological polar surface area (TPSA) is 195 Å². The van der Waals surface area contributed by atoms with Crippen LogP contribution in [0.3, 0.4) is 0 Å². The molecule has 4 atom stereocenters. The van der Waals surface area contributed by atoms with Crippen LogP contribution < -0.4 is 26.6 Å². The van der Waals surface area contributed by atoms with Gasteiger partial charge in [-0.05, 0) is 44.4 Å². The number of ether oxygens (including phenoxy) is 1. The molecule has 0 spiro atoms. The van der Waals surface area contributed by atoms with Crippen LogP contribution in [0.1, 0.15) is 44.4 Å². The number of carbonyl (C=O) groups excluding carboxylic acids is 5. The summed E-state index contributed by atoms with van der Waals surface area (Å²) < 4.78 is 4.38. The van der Waals surface area contributed by atoms with Gasteiger partial charge >= 0.3 is 6.09 Å². The van der Waals surface area contributed by atoms with Crippen molar-refractivity contribution >= 4 is 53.1 Å². The molecular weight excluding hydrogens is 722 g/mol. The smallest absolute Gasteiger partial charge is 0.408 e. The van der Waals surface area contributed by atoms with Gasteiger partial charge in [0, 0.05) is 12.3 Å². The van der Waals surface area contributed by atoms with Crippen LogP contribution in [0.15, 0.2) is 91.0 Å². The second kappa shape index (κ2) is 20.6.